The van der Waals surface area contributed by atoms with E-state index in [1.807, 2.05) is 90.1 Å². The van der Waals surface area contributed by atoms with Gasteiger partial charge in [0.05, 0.1) is 0 Å². The predicted molar refractivity (Wildman–Crippen MR) is 181 cm³/mol. The number of nitrogens with zero attached hydrogens (tertiary/aromatic N) is 1. The van der Waals surface area contributed by atoms with Gasteiger partial charge in [-0.2, -0.15) is 0 Å². The maximum Gasteiger partial charge on any atom is 0.408 e. The highest BCUT2D eigenvalue weighted by molar-refractivity contribution is 5.94. The molecule has 2 rings (SSSR count). The number of hydrogen-bond acceptors (Lipinski definition) is 6. The molecule has 0 fully saturated rings. The molecule has 0 heterocycles. The third kappa shape index (κ3) is 11.5. The second-order valence-electron chi connectivity index (χ2n) is 14.8. The van der Waals surface area contributed by atoms with Gasteiger partial charge < -0.3 is 25.0 Å². The van der Waals surface area contributed by atoms with E-state index in [4.69, 9.17) is 9.47 Å². The van der Waals surface area contributed by atoms with Crippen molar-refractivity contribution in [2.75, 3.05) is 0 Å². The van der Waals surface area contributed by atoms with Gasteiger partial charge in [0, 0.05) is 12.0 Å². The molecular weight excluding hydrogens is 582 g/mol. The molecule has 9 heteroatoms. The van der Waals surface area contributed by atoms with Crippen LogP contribution in [0.1, 0.15) is 105 Å². The highest BCUT2D eigenvalue weighted by Gasteiger charge is 2.44. The number of ether oxygens (including phenoxy) is 2. The molecule has 3 unspecified atom stereocenters. The Hall–Kier alpha value is -3.88. The lowest BCUT2D eigenvalue weighted by Crippen LogP contribution is -2.61. The van der Waals surface area contributed by atoms with Crippen LogP contribution in [0.4, 0.5) is 4.79 Å². The number of carbonyl (C=O) groups is 4. The molecule has 2 N–H and O–H groups in total. The molecule has 254 valence electrons. The Morgan fingerprint density at radius 1 is 0.804 bits per heavy atom. The normalized spacial score (nSPS) is 14.1. The summed E-state index contributed by atoms with van der Waals surface area (Å²) < 4.78 is 11.2. The Kier molecular flexibility index (Phi) is 13.0. The van der Waals surface area contributed by atoms with Crippen molar-refractivity contribution < 1.29 is 28.7 Å². The number of hydrogen-bond donors (Lipinski definition) is 2. The van der Waals surface area contributed by atoms with Gasteiger partial charge in [-0.1, -0.05) is 80.9 Å². The maximum absolute atomic E-state index is 14.7. The maximum atomic E-state index is 14.7. The van der Waals surface area contributed by atoms with Gasteiger partial charge in [-0.05, 0) is 85.8 Å². The third-order valence-electron chi connectivity index (χ3n) is 7.51. The van der Waals surface area contributed by atoms with Gasteiger partial charge in [0.15, 0.2) is 0 Å². The number of amides is 3. The number of carbonyl (C=O) groups excluding carboxylic acids is 4. The van der Waals surface area contributed by atoms with Gasteiger partial charge in [-0.25, -0.2) is 9.59 Å². The molecule has 0 saturated carbocycles. The average Bonchev–Trinajstić information content (AvgIpc) is 2.92. The van der Waals surface area contributed by atoms with Crippen molar-refractivity contribution in [1.82, 2.24) is 15.5 Å². The molecule has 0 aliphatic heterocycles. The molecular formula is C37H55N3O6. The quantitative estimate of drug-likeness (QED) is 0.251. The van der Waals surface area contributed by atoms with Gasteiger partial charge >= 0.3 is 12.1 Å². The van der Waals surface area contributed by atoms with Crippen molar-refractivity contribution in [2.45, 2.75) is 131 Å². The van der Waals surface area contributed by atoms with E-state index in [0.717, 1.165) is 11.1 Å². The minimum absolute atomic E-state index is 0.196. The molecule has 3 atom stereocenters. The van der Waals surface area contributed by atoms with Crippen LogP contribution in [0.3, 0.4) is 0 Å². The first-order chi connectivity index (χ1) is 21.1. The highest BCUT2D eigenvalue weighted by Crippen LogP contribution is 2.33. The molecule has 0 bridgehead atoms. The number of nitrogens with one attached hydrogen (secondary N) is 2. The molecule has 46 heavy (non-hydrogen) atoms. The molecule has 2 aromatic rings. The fourth-order valence-corrected chi connectivity index (χ4v) is 4.97. The van der Waals surface area contributed by atoms with Crippen LogP contribution in [0.25, 0.3) is 0 Å². The van der Waals surface area contributed by atoms with Crippen LogP contribution in [0, 0.1) is 12.8 Å². The van der Waals surface area contributed by atoms with Crippen LogP contribution in [0.2, 0.25) is 0 Å². The molecule has 9 nitrogen and oxygen atoms in total. The second-order valence-corrected chi connectivity index (χ2v) is 14.8. The van der Waals surface area contributed by atoms with E-state index in [1.54, 1.807) is 52.5 Å². The Morgan fingerprint density at radius 3 is 1.89 bits per heavy atom. The number of aryl methyl sites for hydroxylation is 1. The van der Waals surface area contributed by atoms with Gasteiger partial charge in [-0.15, -0.1) is 0 Å². The van der Waals surface area contributed by atoms with Crippen molar-refractivity contribution in [1.29, 1.82) is 0 Å². The number of esters is 1. The summed E-state index contributed by atoms with van der Waals surface area (Å²) in [5, 5.41) is 5.72. The summed E-state index contributed by atoms with van der Waals surface area (Å²) >= 11 is 0. The smallest absolute Gasteiger partial charge is 0.408 e. The molecule has 0 radical (unpaired) electrons. The topological polar surface area (TPSA) is 114 Å². The molecule has 0 aliphatic rings. The summed E-state index contributed by atoms with van der Waals surface area (Å²) in [6, 6.07) is 13.6. The fraction of sp³-hybridized carbons (Fsp3) is 0.568. The zero-order valence-electron chi connectivity index (χ0n) is 29.8. The predicted octanol–water partition coefficient (Wildman–Crippen LogP) is 6.67. The summed E-state index contributed by atoms with van der Waals surface area (Å²) in [7, 11) is 0. The van der Waals surface area contributed by atoms with Gasteiger partial charge in [0.1, 0.15) is 29.3 Å². The Balaban J connectivity index is 2.69. The van der Waals surface area contributed by atoms with E-state index in [2.05, 4.69) is 10.6 Å². The molecule has 2 aromatic carbocycles. The second kappa shape index (κ2) is 15.6. The van der Waals surface area contributed by atoms with Crippen molar-refractivity contribution in [3.8, 4) is 0 Å². The number of benzene rings is 2. The molecule has 3 amide bonds. The first-order valence-corrected chi connectivity index (χ1v) is 16.1. The first-order valence-electron chi connectivity index (χ1n) is 16.1. The summed E-state index contributed by atoms with van der Waals surface area (Å²) in [4.78, 5) is 57.3. The van der Waals surface area contributed by atoms with E-state index in [-0.39, 0.29) is 12.3 Å². The monoisotopic (exact) mass is 637 g/mol. The van der Waals surface area contributed by atoms with E-state index in [0.29, 0.717) is 12.0 Å². The van der Waals surface area contributed by atoms with Gasteiger partial charge in [-0.3, -0.25) is 9.59 Å². The highest BCUT2D eigenvalue weighted by atomic mass is 16.6. The van der Waals surface area contributed by atoms with Crippen LogP contribution in [-0.4, -0.2) is 57.6 Å². The fourth-order valence-electron chi connectivity index (χ4n) is 4.97. The lowest BCUT2D eigenvalue weighted by Gasteiger charge is -2.45. The van der Waals surface area contributed by atoms with Crippen molar-refractivity contribution in [2.24, 2.45) is 5.92 Å². The Bertz CT molecular complexity index is 1340. The summed E-state index contributed by atoms with van der Waals surface area (Å²) in [6.07, 6.45) is -0.0224. The average molecular weight is 638 g/mol. The molecule has 0 saturated heterocycles. The van der Waals surface area contributed by atoms with E-state index >= 15 is 0 Å². The van der Waals surface area contributed by atoms with Gasteiger partial charge in [0.25, 0.3) is 0 Å². The molecule has 0 aliphatic carbocycles. The standard InChI is InChI=1S/C37H55N3O6/c1-13-37(11,12)40(32(42)29(24(2)3)39-34(44)46-36(8,9)10)30(27-21-17-18-25(4)22-27)31(41)38-28(33(43)45-35(5,6)7)23-26-19-15-14-16-20-26/h14-22,24,28-30H,13,23H2,1-12H3,(H,38,41)(H,39,44). The third-order valence-corrected chi connectivity index (χ3v) is 7.51. The SMILES string of the molecule is CCC(C)(C)N(C(=O)C(NC(=O)OC(C)(C)C)C(C)C)C(C(=O)NC(Cc1ccccc1)C(=O)OC(C)(C)C)c1cccc(C)c1. The lowest BCUT2D eigenvalue weighted by atomic mass is 9.90. The van der Waals surface area contributed by atoms with E-state index in [1.165, 1.54) is 0 Å². The zero-order valence-corrected chi connectivity index (χ0v) is 29.8. The van der Waals surface area contributed by atoms with Crippen LogP contribution in [0.15, 0.2) is 54.6 Å². The van der Waals surface area contributed by atoms with E-state index in [9.17, 15) is 19.2 Å². The summed E-state index contributed by atoms with van der Waals surface area (Å²) in [5.74, 6) is -1.88. The minimum Gasteiger partial charge on any atom is -0.458 e. The zero-order chi connectivity index (χ0) is 35.0. The van der Waals surface area contributed by atoms with Crippen molar-refractivity contribution in [3.63, 3.8) is 0 Å². The van der Waals surface area contributed by atoms with E-state index < -0.39 is 58.7 Å². The molecule has 0 spiro atoms. The first kappa shape index (κ1) is 38.3. The van der Waals surface area contributed by atoms with Crippen LogP contribution < -0.4 is 10.6 Å². The van der Waals surface area contributed by atoms with Crippen LogP contribution in [-0.2, 0) is 30.3 Å². The lowest BCUT2D eigenvalue weighted by molar-refractivity contribution is -0.159. The van der Waals surface area contributed by atoms with Crippen LogP contribution in [0.5, 0.6) is 0 Å². The van der Waals surface area contributed by atoms with Crippen molar-refractivity contribution in [3.05, 3.63) is 71.3 Å². The van der Waals surface area contributed by atoms with Crippen LogP contribution >= 0.6 is 0 Å². The van der Waals surface area contributed by atoms with Gasteiger partial charge in [0.2, 0.25) is 11.8 Å². The number of alkyl carbamates (subject to hydrolysis) is 1. The summed E-state index contributed by atoms with van der Waals surface area (Å²) in [5.41, 5.74) is -0.0688. The summed E-state index contributed by atoms with van der Waals surface area (Å²) in [6.45, 7) is 21.9. The largest absolute Gasteiger partial charge is 0.458 e. The Morgan fingerprint density at radius 2 is 1.39 bits per heavy atom. The Labute approximate surface area is 275 Å². The molecule has 0 aromatic heterocycles. The minimum atomic E-state index is -1.13. The number of rotatable bonds is 12. The van der Waals surface area contributed by atoms with Crippen molar-refractivity contribution >= 4 is 23.9 Å².